The van der Waals surface area contributed by atoms with Gasteiger partial charge in [-0.05, 0) is 12.8 Å². The predicted octanol–water partition coefficient (Wildman–Crippen LogP) is 0.623. The molecule has 1 heterocycles. The summed E-state index contributed by atoms with van der Waals surface area (Å²) in [6.07, 6.45) is -2.62. The normalized spacial score (nSPS) is 26.6. The van der Waals surface area contributed by atoms with Crippen LogP contribution in [-0.4, -0.2) is 41.8 Å². The molecule has 0 spiro atoms. The first-order valence-electron chi connectivity index (χ1n) is 5.23. The SMILES string of the molecule is CC1NC(=O)C(C(C)C)N(CC(F)F)C1=O. The Kier molecular flexibility index (Phi) is 3.83. The maximum Gasteiger partial charge on any atom is 0.255 e. The van der Waals surface area contributed by atoms with Crippen LogP contribution >= 0.6 is 0 Å². The Morgan fingerprint density at radius 3 is 2.38 bits per heavy atom. The van der Waals surface area contributed by atoms with Gasteiger partial charge in [-0.25, -0.2) is 8.78 Å². The molecule has 4 nitrogen and oxygen atoms in total. The second-order valence-electron chi connectivity index (χ2n) is 4.30. The lowest BCUT2D eigenvalue weighted by molar-refractivity contribution is -0.152. The summed E-state index contributed by atoms with van der Waals surface area (Å²) in [7, 11) is 0. The minimum Gasteiger partial charge on any atom is -0.343 e. The van der Waals surface area contributed by atoms with Gasteiger partial charge in [-0.1, -0.05) is 13.8 Å². The van der Waals surface area contributed by atoms with Gasteiger partial charge < -0.3 is 10.2 Å². The van der Waals surface area contributed by atoms with E-state index in [2.05, 4.69) is 5.32 Å². The number of rotatable bonds is 3. The zero-order valence-electron chi connectivity index (χ0n) is 9.54. The highest BCUT2D eigenvalue weighted by Gasteiger charge is 2.41. The molecule has 2 unspecified atom stereocenters. The Labute approximate surface area is 93.0 Å². The van der Waals surface area contributed by atoms with Gasteiger partial charge in [-0.15, -0.1) is 0 Å². The summed E-state index contributed by atoms with van der Waals surface area (Å²) in [4.78, 5) is 24.3. The summed E-state index contributed by atoms with van der Waals surface area (Å²) in [5, 5.41) is 2.49. The third-order valence-corrected chi connectivity index (χ3v) is 2.58. The molecule has 2 amide bonds. The summed E-state index contributed by atoms with van der Waals surface area (Å²) in [5.41, 5.74) is 0. The molecule has 0 saturated carbocycles. The molecule has 0 aromatic heterocycles. The smallest absolute Gasteiger partial charge is 0.255 e. The minimum atomic E-state index is -2.62. The van der Waals surface area contributed by atoms with Crippen LogP contribution in [0.15, 0.2) is 0 Å². The van der Waals surface area contributed by atoms with Crippen LogP contribution in [0.3, 0.4) is 0 Å². The van der Waals surface area contributed by atoms with Crippen molar-refractivity contribution in [3.63, 3.8) is 0 Å². The molecular weight excluding hydrogens is 218 g/mol. The average Bonchev–Trinajstić information content (AvgIpc) is 2.12. The Morgan fingerprint density at radius 2 is 1.94 bits per heavy atom. The summed E-state index contributed by atoms with van der Waals surface area (Å²) < 4.78 is 24.7. The summed E-state index contributed by atoms with van der Waals surface area (Å²) in [5.74, 6) is -0.989. The molecule has 1 rings (SSSR count). The van der Waals surface area contributed by atoms with Crippen molar-refractivity contribution in [2.75, 3.05) is 6.54 Å². The Morgan fingerprint density at radius 1 is 1.38 bits per heavy atom. The molecule has 0 aromatic carbocycles. The van der Waals surface area contributed by atoms with Gasteiger partial charge in [-0.3, -0.25) is 9.59 Å². The largest absolute Gasteiger partial charge is 0.343 e. The number of alkyl halides is 2. The maximum absolute atomic E-state index is 12.4. The quantitative estimate of drug-likeness (QED) is 0.778. The van der Waals surface area contributed by atoms with Gasteiger partial charge in [0.05, 0.1) is 6.54 Å². The Balaban J connectivity index is 2.92. The molecule has 0 aliphatic carbocycles. The van der Waals surface area contributed by atoms with E-state index in [9.17, 15) is 18.4 Å². The van der Waals surface area contributed by atoms with Crippen LogP contribution in [0.2, 0.25) is 0 Å². The Bertz CT molecular complexity index is 295. The first-order chi connectivity index (χ1) is 7.34. The first-order valence-corrected chi connectivity index (χ1v) is 5.23. The minimum absolute atomic E-state index is 0.185. The van der Waals surface area contributed by atoms with Crippen LogP contribution in [0.1, 0.15) is 20.8 Å². The van der Waals surface area contributed by atoms with Gasteiger partial charge in [0.1, 0.15) is 12.1 Å². The van der Waals surface area contributed by atoms with Gasteiger partial charge in [0.15, 0.2) is 0 Å². The number of hydrogen-bond donors (Lipinski definition) is 1. The number of carbonyl (C=O) groups is 2. The van der Waals surface area contributed by atoms with Crippen molar-refractivity contribution in [2.24, 2.45) is 5.92 Å². The topological polar surface area (TPSA) is 49.4 Å². The van der Waals surface area contributed by atoms with E-state index >= 15 is 0 Å². The van der Waals surface area contributed by atoms with E-state index in [0.717, 1.165) is 4.90 Å². The number of piperazine rings is 1. The molecule has 2 atom stereocenters. The van der Waals surface area contributed by atoms with Crippen molar-refractivity contribution < 1.29 is 18.4 Å². The second-order valence-corrected chi connectivity index (χ2v) is 4.30. The number of halogens is 2. The van der Waals surface area contributed by atoms with E-state index < -0.39 is 31.0 Å². The van der Waals surface area contributed by atoms with Crippen molar-refractivity contribution in [3.05, 3.63) is 0 Å². The van der Waals surface area contributed by atoms with E-state index in [1.165, 1.54) is 6.92 Å². The van der Waals surface area contributed by atoms with Crippen LogP contribution in [-0.2, 0) is 9.59 Å². The number of amides is 2. The number of hydrogen-bond acceptors (Lipinski definition) is 2. The summed E-state index contributed by atoms with van der Waals surface area (Å²) in [6, 6.07) is -1.51. The molecule has 16 heavy (non-hydrogen) atoms. The van der Waals surface area contributed by atoms with Crippen molar-refractivity contribution in [2.45, 2.75) is 39.3 Å². The van der Waals surface area contributed by atoms with Crippen molar-refractivity contribution in [3.8, 4) is 0 Å². The predicted molar refractivity (Wildman–Crippen MR) is 53.9 cm³/mol. The molecule has 1 N–H and O–H groups in total. The molecule has 0 aromatic rings. The average molecular weight is 234 g/mol. The fourth-order valence-corrected chi connectivity index (χ4v) is 1.90. The van der Waals surface area contributed by atoms with Gasteiger partial charge in [0.2, 0.25) is 11.8 Å². The van der Waals surface area contributed by atoms with E-state index in [4.69, 9.17) is 0 Å². The van der Waals surface area contributed by atoms with Gasteiger partial charge in [-0.2, -0.15) is 0 Å². The van der Waals surface area contributed by atoms with Crippen molar-refractivity contribution in [1.29, 1.82) is 0 Å². The number of carbonyl (C=O) groups excluding carboxylic acids is 2. The Hall–Kier alpha value is -1.20. The maximum atomic E-state index is 12.4. The highest BCUT2D eigenvalue weighted by atomic mass is 19.3. The van der Waals surface area contributed by atoms with Gasteiger partial charge in [0, 0.05) is 0 Å². The molecule has 92 valence electrons. The lowest BCUT2D eigenvalue weighted by Crippen LogP contribution is -2.64. The number of nitrogens with zero attached hydrogens (tertiary/aromatic N) is 1. The van der Waals surface area contributed by atoms with Crippen LogP contribution in [0, 0.1) is 5.92 Å². The molecule has 1 fully saturated rings. The van der Waals surface area contributed by atoms with E-state index in [-0.39, 0.29) is 11.8 Å². The lowest BCUT2D eigenvalue weighted by Gasteiger charge is -2.39. The zero-order valence-corrected chi connectivity index (χ0v) is 9.54. The van der Waals surface area contributed by atoms with Crippen molar-refractivity contribution >= 4 is 11.8 Å². The zero-order chi connectivity index (χ0) is 12.5. The fourth-order valence-electron chi connectivity index (χ4n) is 1.90. The summed E-state index contributed by atoms with van der Waals surface area (Å²) in [6.45, 7) is 4.27. The third kappa shape index (κ3) is 2.48. The fraction of sp³-hybridized carbons (Fsp3) is 0.800. The second kappa shape index (κ2) is 4.76. The van der Waals surface area contributed by atoms with Crippen LogP contribution in [0.5, 0.6) is 0 Å². The number of nitrogens with one attached hydrogen (secondary N) is 1. The molecule has 0 bridgehead atoms. The van der Waals surface area contributed by atoms with Gasteiger partial charge in [0.25, 0.3) is 6.43 Å². The van der Waals surface area contributed by atoms with Crippen LogP contribution < -0.4 is 5.32 Å². The highest BCUT2D eigenvalue weighted by molar-refractivity contribution is 5.96. The van der Waals surface area contributed by atoms with Crippen LogP contribution in [0.25, 0.3) is 0 Å². The van der Waals surface area contributed by atoms with E-state index in [1.54, 1.807) is 13.8 Å². The summed E-state index contributed by atoms with van der Waals surface area (Å²) >= 11 is 0. The molecular formula is C10H16F2N2O2. The molecule has 1 saturated heterocycles. The van der Waals surface area contributed by atoms with E-state index in [1.807, 2.05) is 0 Å². The monoisotopic (exact) mass is 234 g/mol. The first kappa shape index (κ1) is 12.9. The highest BCUT2D eigenvalue weighted by Crippen LogP contribution is 2.18. The lowest BCUT2D eigenvalue weighted by atomic mass is 9.97. The molecule has 1 aliphatic rings. The molecule has 6 heteroatoms. The third-order valence-electron chi connectivity index (χ3n) is 2.58. The van der Waals surface area contributed by atoms with Crippen LogP contribution in [0.4, 0.5) is 8.78 Å². The van der Waals surface area contributed by atoms with Crippen molar-refractivity contribution in [1.82, 2.24) is 10.2 Å². The standard InChI is InChI=1S/C10H16F2N2O2/c1-5(2)8-9(15)13-6(3)10(16)14(8)4-7(11)12/h5-8H,4H2,1-3H3,(H,13,15). The van der Waals surface area contributed by atoms with Gasteiger partial charge >= 0.3 is 0 Å². The molecule has 0 radical (unpaired) electrons. The van der Waals surface area contributed by atoms with E-state index in [0.29, 0.717) is 0 Å². The molecule has 1 aliphatic heterocycles.